The van der Waals surface area contributed by atoms with Gasteiger partial charge in [0.25, 0.3) is 0 Å². The van der Waals surface area contributed by atoms with Crippen LogP contribution in [0.2, 0.25) is 0 Å². The number of amides is 1. The van der Waals surface area contributed by atoms with Crippen molar-refractivity contribution in [3.8, 4) is 6.07 Å². The summed E-state index contributed by atoms with van der Waals surface area (Å²) >= 11 is 0. The van der Waals surface area contributed by atoms with E-state index in [0.717, 1.165) is 63.9 Å². The van der Waals surface area contributed by atoms with Crippen molar-refractivity contribution in [2.75, 3.05) is 37.6 Å². The zero-order valence-electron chi connectivity index (χ0n) is 16.5. The van der Waals surface area contributed by atoms with Crippen molar-refractivity contribution in [1.82, 2.24) is 10.2 Å². The van der Waals surface area contributed by atoms with Crippen LogP contribution in [-0.4, -0.2) is 49.6 Å². The highest BCUT2D eigenvalue weighted by Gasteiger charge is 2.24. The van der Waals surface area contributed by atoms with Gasteiger partial charge in [0.1, 0.15) is 6.42 Å². The molecule has 0 unspecified atom stereocenters. The van der Waals surface area contributed by atoms with Gasteiger partial charge < -0.3 is 10.2 Å². The Kier molecular flexibility index (Phi) is 7.37. The maximum Gasteiger partial charge on any atom is 0.234 e. The number of benzene rings is 1. The van der Waals surface area contributed by atoms with E-state index < -0.39 is 17.5 Å². The number of rotatable bonds is 6. The lowest BCUT2D eigenvalue weighted by Crippen LogP contribution is -2.47. The Hall–Kier alpha value is -2.27. The molecule has 158 valence electrons. The summed E-state index contributed by atoms with van der Waals surface area (Å²) in [4.78, 5) is 15.7. The summed E-state index contributed by atoms with van der Waals surface area (Å²) in [5.74, 6) is -3.28. The third kappa shape index (κ3) is 5.86. The van der Waals surface area contributed by atoms with Crippen molar-refractivity contribution in [3.63, 3.8) is 0 Å². The Labute approximate surface area is 169 Å². The van der Waals surface area contributed by atoms with Crippen LogP contribution in [0.15, 0.2) is 12.1 Å². The molecule has 0 aromatic heterocycles. The van der Waals surface area contributed by atoms with Crippen molar-refractivity contribution in [3.05, 3.63) is 29.6 Å². The predicted molar refractivity (Wildman–Crippen MR) is 104 cm³/mol. The molecule has 1 saturated heterocycles. The molecule has 8 heteroatoms. The summed E-state index contributed by atoms with van der Waals surface area (Å²) < 4.78 is 40.0. The zero-order chi connectivity index (χ0) is 20.8. The van der Waals surface area contributed by atoms with Crippen molar-refractivity contribution in [2.24, 2.45) is 5.92 Å². The Morgan fingerprint density at radius 2 is 1.69 bits per heavy atom. The van der Waals surface area contributed by atoms with Crippen LogP contribution in [-0.2, 0) is 4.79 Å². The standard InChI is InChI=1S/C21H27F3N4O/c22-18-13-17(14-19(23)21(18)24)28-11-9-27(10-12-28)8-6-15-1-3-16(4-2-15)26-20(29)5-7-25/h13-16H,1-6,8-12H2,(H,26,29)/t15-,16-. The van der Waals surface area contributed by atoms with E-state index >= 15 is 0 Å². The van der Waals surface area contributed by atoms with Gasteiger partial charge in [-0.15, -0.1) is 0 Å². The van der Waals surface area contributed by atoms with Crippen LogP contribution in [0.1, 0.15) is 38.5 Å². The van der Waals surface area contributed by atoms with E-state index in [1.54, 1.807) is 0 Å². The molecule has 1 aromatic carbocycles. The maximum absolute atomic E-state index is 13.4. The number of halogens is 3. The number of nitrogens with one attached hydrogen (secondary N) is 1. The Balaban J connectivity index is 1.37. The molecule has 2 aliphatic rings. The first-order valence-electron chi connectivity index (χ1n) is 10.2. The van der Waals surface area contributed by atoms with Crippen LogP contribution < -0.4 is 10.2 Å². The molecule has 1 aromatic rings. The van der Waals surface area contributed by atoms with Crippen molar-refractivity contribution in [2.45, 2.75) is 44.6 Å². The molecule has 1 aliphatic heterocycles. The molecule has 0 bridgehead atoms. The molecular weight excluding hydrogens is 381 g/mol. The Morgan fingerprint density at radius 3 is 2.28 bits per heavy atom. The third-order valence-electron chi connectivity index (χ3n) is 6.01. The van der Waals surface area contributed by atoms with Crippen LogP contribution in [0, 0.1) is 34.7 Å². The second-order valence-electron chi connectivity index (χ2n) is 7.96. The number of nitrogens with zero attached hydrogens (tertiary/aromatic N) is 3. The quantitative estimate of drug-likeness (QED) is 0.735. The van der Waals surface area contributed by atoms with Crippen LogP contribution in [0.3, 0.4) is 0 Å². The van der Waals surface area contributed by atoms with Gasteiger partial charge in [0.15, 0.2) is 17.5 Å². The van der Waals surface area contributed by atoms with E-state index in [2.05, 4.69) is 10.2 Å². The van der Waals surface area contributed by atoms with Gasteiger partial charge in [-0.25, -0.2) is 13.2 Å². The fourth-order valence-corrected chi connectivity index (χ4v) is 4.27. The predicted octanol–water partition coefficient (Wildman–Crippen LogP) is 3.20. The Bertz CT molecular complexity index is 728. The molecule has 29 heavy (non-hydrogen) atoms. The number of carbonyl (C=O) groups is 1. The van der Waals surface area contributed by atoms with Gasteiger partial charge in [-0.3, -0.25) is 9.69 Å². The number of anilines is 1. The monoisotopic (exact) mass is 408 g/mol. The fraction of sp³-hybridized carbons (Fsp3) is 0.619. The lowest BCUT2D eigenvalue weighted by atomic mass is 9.84. The van der Waals surface area contributed by atoms with Gasteiger partial charge in [-0.05, 0) is 44.6 Å². The van der Waals surface area contributed by atoms with Crippen LogP contribution >= 0.6 is 0 Å². The van der Waals surface area contributed by atoms with E-state index in [0.29, 0.717) is 24.7 Å². The maximum atomic E-state index is 13.4. The first kappa shape index (κ1) is 21.4. The van der Waals surface area contributed by atoms with Gasteiger partial charge in [0, 0.05) is 50.0 Å². The zero-order valence-corrected chi connectivity index (χ0v) is 16.5. The minimum absolute atomic E-state index is 0.0802. The van der Waals surface area contributed by atoms with Crippen LogP contribution in [0.5, 0.6) is 0 Å². The molecule has 1 N–H and O–H groups in total. The number of nitriles is 1. The first-order chi connectivity index (χ1) is 14.0. The van der Waals surface area contributed by atoms with E-state index in [4.69, 9.17) is 5.26 Å². The molecule has 3 rings (SSSR count). The van der Waals surface area contributed by atoms with Crippen LogP contribution in [0.4, 0.5) is 18.9 Å². The van der Waals surface area contributed by atoms with E-state index in [1.807, 2.05) is 11.0 Å². The highest BCUT2D eigenvalue weighted by Crippen LogP contribution is 2.28. The Morgan fingerprint density at radius 1 is 1.07 bits per heavy atom. The van der Waals surface area contributed by atoms with Gasteiger partial charge >= 0.3 is 0 Å². The lowest BCUT2D eigenvalue weighted by Gasteiger charge is -2.37. The van der Waals surface area contributed by atoms with Crippen LogP contribution in [0.25, 0.3) is 0 Å². The number of piperazine rings is 1. The van der Waals surface area contributed by atoms with Crippen molar-refractivity contribution in [1.29, 1.82) is 5.26 Å². The SMILES string of the molecule is N#CCC(=O)N[C@H]1CC[C@H](CCN2CCN(c3cc(F)c(F)c(F)c3)CC2)CC1. The highest BCUT2D eigenvalue weighted by molar-refractivity contribution is 5.78. The fourth-order valence-electron chi connectivity index (χ4n) is 4.27. The second kappa shape index (κ2) is 9.97. The molecule has 1 aliphatic carbocycles. The van der Waals surface area contributed by atoms with Crippen molar-refractivity contribution >= 4 is 11.6 Å². The molecule has 2 fully saturated rings. The summed E-state index contributed by atoms with van der Waals surface area (Å²) in [5, 5.41) is 11.5. The van der Waals surface area contributed by atoms with Crippen molar-refractivity contribution < 1.29 is 18.0 Å². The smallest absolute Gasteiger partial charge is 0.234 e. The molecule has 1 heterocycles. The summed E-state index contributed by atoms with van der Waals surface area (Å²) in [6, 6.07) is 4.17. The molecule has 0 radical (unpaired) electrons. The molecule has 1 saturated carbocycles. The second-order valence-corrected chi connectivity index (χ2v) is 7.96. The topological polar surface area (TPSA) is 59.4 Å². The minimum atomic E-state index is -1.42. The number of carbonyl (C=O) groups excluding carboxylic acids is 1. The largest absolute Gasteiger partial charge is 0.369 e. The highest BCUT2D eigenvalue weighted by atomic mass is 19.2. The molecule has 5 nitrogen and oxygen atoms in total. The average molecular weight is 408 g/mol. The molecule has 0 atom stereocenters. The molecular formula is C21H27F3N4O. The van der Waals surface area contributed by atoms with Gasteiger partial charge in [-0.1, -0.05) is 0 Å². The lowest BCUT2D eigenvalue weighted by molar-refractivity contribution is -0.121. The normalized spacial score (nSPS) is 22.9. The first-order valence-corrected chi connectivity index (χ1v) is 10.2. The van der Waals surface area contributed by atoms with Gasteiger partial charge in [0.2, 0.25) is 5.91 Å². The number of hydrogen-bond acceptors (Lipinski definition) is 4. The molecule has 1 amide bonds. The summed E-state index contributed by atoms with van der Waals surface area (Å²) in [6.45, 7) is 3.90. The minimum Gasteiger partial charge on any atom is -0.369 e. The summed E-state index contributed by atoms with van der Waals surface area (Å²) in [6.07, 6.45) is 5.08. The van der Waals surface area contributed by atoms with E-state index in [1.165, 1.54) is 0 Å². The van der Waals surface area contributed by atoms with E-state index in [9.17, 15) is 18.0 Å². The third-order valence-corrected chi connectivity index (χ3v) is 6.01. The number of hydrogen-bond donors (Lipinski definition) is 1. The summed E-state index contributed by atoms with van der Waals surface area (Å²) in [5.41, 5.74) is 0.387. The average Bonchev–Trinajstić information content (AvgIpc) is 2.72. The van der Waals surface area contributed by atoms with E-state index in [-0.39, 0.29) is 18.4 Å². The molecule has 0 spiro atoms. The van der Waals surface area contributed by atoms with Gasteiger partial charge in [-0.2, -0.15) is 5.26 Å². The summed E-state index contributed by atoms with van der Waals surface area (Å²) in [7, 11) is 0. The van der Waals surface area contributed by atoms with Gasteiger partial charge in [0.05, 0.1) is 6.07 Å².